The van der Waals surface area contributed by atoms with Crippen LogP contribution in [0.3, 0.4) is 0 Å². The highest BCUT2D eigenvalue weighted by molar-refractivity contribution is 5.75. The van der Waals surface area contributed by atoms with E-state index in [0.29, 0.717) is 18.9 Å². The van der Waals surface area contributed by atoms with Crippen molar-refractivity contribution in [1.82, 2.24) is 4.90 Å². The maximum atomic E-state index is 12.1. The maximum absolute atomic E-state index is 12.1. The molecule has 19 heavy (non-hydrogen) atoms. The summed E-state index contributed by atoms with van der Waals surface area (Å²) in [6.45, 7) is 2.42. The van der Waals surface area contributed by atoms with Crippen LogP contribution < -0.4 is 0 Å². The molecule has 1 aromatic carbocycles. The lowest BCUT2D eigenvalue weighted by Crippen LogP contribution is -2.27. The minimum atomic E-state index is 0.246. The number of nitrogens with zero attached hydrogens (tertiary/aromatic N) is 1. The topological polar surface area (TPSA) is 29.5 Å². The first kappa shape index (κ1) is 14.1. The van der Waals surface area contributed by atoms with Crippen molar-refractivity contribution in [3.63, 3.8) is 0 Å². The monoisotopic (exact) mass is 261 g/mol. The molecule has 1 aliphatic rings. The summed E-state index contributed by atoms with van der Waals surface area (Å²) in [5.74, 6) is 0.915. The van der Waals surface area contributed by atoms with E-state index in [1.807, 2.05) is 30.1 Å². The van der Waals surface area contributed by atoms with Crippen molar-refractivity contribution in [2.75, 3.05) is 20.3 Å². The average molecular weight is 261 g/mol. The Kier molecular flexibility index (Phi) is 5.40. The zero-order valence-corrected chi connectivity index (χ0v) is 11.7. The second kappa shape index (κ2) is 7.29. The maximum Gasteiger partial charge on any atom is 0.222 e. The molecule has 0 saturated carbocycles. The van der Waals surface area contributed by atoms with E-state index in [0.717, 1.165) is 32.5 Å². The number of carbonyl (C=O) groups excluding carboxylic acids is 1. The first-order valence-electron chi connectivity index (χ1n) is 7.11. The summed E-state index contributed by atoms with van der Waals surface area (Å²) in [4.78, 5) is 13.9. The highest BCUT2D eigenvalue weighted by Gasteiger charge is 2.16. The molecule has 1 saturated heterocycles. The molecule has 1 amide bonds. The van der Waals surface area contributed by atoms with Crippen LogP contribution in [0.25, 0.3) is 0 Å². The van der Waals surface area contributed by atoms with Crippen LogP contribution in [0.5, 0.6) is 0 Å². The Morgan fingerprint density at radius 1 is 1.26 bits per heavy atom. The quantitative estimate of drug-likeness (QED) is 0.815. The molecule has 0 aliphatic carbocycles. The molecule has 1 heterocycles. The third-order valence-corrected chi connectivity index (χ3v) is 3.80. The van der Waals surface area contributed by atoms with Crippen molar-refractivity contribution in [2.45, 2.75) is 32.2 Å². The summed E-state index contributed by atoms with van der Waals surface area (Å²) in [7, 11) is 1.89. The predicted octanol–water partition coefficient (Wildman–Crippen LogP) is 2.85. The number of carbonyl (C=O) groups is 1. The van der Waals surface area contributed by atoms with Gasteiger partial charge in [-0.05, 0) is 30.7 Å². The Morgan fingerprint density at radius 2 is 1.95 bits per heavy atom. The van der Waals surface area contributed by atoms with Crippen LogP contribution in [0.2, 0.25) is 0 Å². The fourth-order valence-corrected chi connectivity index (χ4v) is 2.50. The summed E-state index contributed by atoms with van der Waals surface area (Å²) < 4.78 is 5.34. The highest BCUT2D eigenvalue weighted by Crippen LogP contribution is 2.20. The number of amides is 1. The summed E-state index contributed by atoms with van der Waals surface area (Å²) in [6.07, 6.45) is 3.88. The summed E-state index contributed by atoms with van der Waals surface area (Å²) in [5.41, 5.74) is 1.18. The Morgan fingerprint density at radius 3 is 2.63 bits per heavy atom. The molecule has 0 N–H and O–H groups in total. The van der Waals surface area contributed by atoms with Crippen molar-refractivity contribution >= 4 is 5.91 Å². The number of ether oxygens (including phenoxy) is 1. The van der Waals surface area contributed by atoms with Crippen LogP contribution in [0.1, 0.15) is 31.2 Å². The average Bonchev–Trinajstić information content (AvgIpc) is 2.47. The van der Waals surface area contributed by atoms with Crippen LogP contribution >= 0.6 is 0 Å². The normalized spacial score (nSPS) is 16.3. The van der Waals surface area contributed by atoms with Gasteiger partial charge in [0.25, 0.3) is 0 Å². The summed E-state index contributed by atoms with van der Waals surface area (Å²) >= 11 is 0. The Labute approximate surface area is 115 Å². The molecule has 3 nitrogen and oxygen atoms in total. The lowest BCUT2D eigenvalue weighted by Gasteiger charge is -2.23. The predicted molar refractivity (Wildman–Crippen MR) is 75.7 cm³/mol. The molecule has 3 heteroatoms. The molecule has 0 unspecified atom stereocenters. The molecule has 0 radical (unpaired) electrons. The molecule has 104 valence electrons. The lowest BCUT2D eigenvalue weighted by atomic mass is 9.95. The molecule has 1 aliphatic heterocycles. The highest BCUT2D eigenvalue weighted by atomic mass is 16.5. The van der Waals surface area contributed by atoms with Gasteiger partial charge in [-0.2, -0.15) is 0 Å². The molecule has 1 fully saturated rings. The molecule has 0 atom stereocenters. The third kappa shape index (κ3) is 4.67. The number of benzene rings is 1. The number of hydrogen-bond donors (Lipinski definition) is 0. The van der Waals surface area contributed by atoms with Gasteiger partial charge in [-0.15, -0.1) is 0 Å². The molecule has 0 spiro atoms. The van der Waals surface area contributed by atoms with E-state index in [9.17, 15) is 4.79 Å². The van der Waals surface area contributed by atoms with Crippen LogP contribution in [0.4, 0.5) is 0 Å². The van der Waals surface area contributed by atoms with E-state index in [1.165, 1.54) is 5.56 Å². The van der Waals surface area contributed by atoms with Gasteiger partial charge < -0.3 is 9.64 Å². The number of hydrogen-bond acceptors (Lipinski definition) is 2. The van der Waals surface area contributed by atoms with Crippen LogP contribution in [0, 0.1) is 5.92 Å². The SMILES string of the molecule is CN(Cc1ccccc1)C(=O)CCC1CCOCC1. The molecular weight excluding hydrogens is 238 g/mol. The van der Waals surface area contributed by atoms with Gasteiger partial charge >= 0.3 is 0 Å². The van der Waals surface area contributed by atoms with Crippen molar-refractivity contribution in [1.29, 1.82) is 0 Å². The first-order valence-corrected chi connectivity index (χ1v) is 7.11. The first-order chi connectivity index (χ1) is 9.25. The van der Waals surface area contributed by atoms with Crippen molar-refractivity contribution in [3.8, 4) is 0 Å². The van der Waals surface area contributed by atoms with E-state index >= 15 is 0 Å². The van der Waals surface area contributed by atoms with Gasteiger partial charge in [0, 0.05) is 33.2 Å². The van der Waals surface area contributed by atoms with Crippen LogP contribution in [-0.2, 0) is 16.1 Å². The van der Waals surface area contributed by atoms with Crippen LogP contribution in [-0.4, -0.2) is 31.1 Å². The van der Waals surface area contributed by atoms with E-state index < -0.39 is 0 Å². The molecule has 0 aromatic heterocycles. The largest absolute Gasteiger partial charge is 0.381 e. The van der Waals surface area contributed by atoms with Crippen molar-refractivity contribution < 1.29 is 9.53 Å². The van der Waals surface area contributed by atoms with Gasteiger partial charge in [0.15, 0.2) is 0 Å². The van der Waals surface area contributed by atoms with E-state index in [1.54, 1.807) is 0 Å². The summed E-state index contributed by atoms with van der Waals surface area (Å²) in [5, 5.41) is 0. The zero-order chi connectivity index (χ0) is 13.5. The van der Waals surface area contributed by atoms with Crippen molar-refractivity contribution in [2.24, 2.45) is 5.92 Å². The standard InChI is InChI=1S/C16H23NO2/c1-17(13-15-5-3-2-4-6-15)16(18)8-7-14-9-11-19-12-10-14/h2-6,14H,7-13H2,1H3. The van der Waals surface area contributed by atoms with E-state index in [2.05, 4.69) is 12.1 Å². The minimum Gasteiger partial charge on any atom is -0.381 e. The van der Waals surface area contributed by atoms with Gasteiger partial charge in [-0.3, -0.25) is 4.79 Å². The number of rotatable bonds is 5. The van der Waals surface area contributed by atoms with E-state index in [4.69, 9.17) is 4.74 Å². The van der Waals surface area contributed by atoms with Gasteiger partial charge in [-0.25, -0.2) is 0 Å². The Bertz CT molecular complexity index is 385. The molecule has 1 aromatic rings. The van der Waals surface area contributed by atoms with Gasteiger partial charge in [0.2, 0.25) is 5.91 Å². The smallest absolute Gasteiger partial charge is 0.222 e. The third-order valence-electron chi connectivity index (χ3n) is 3.80. The van der Waals surface area contributed by atoms with E-state index in [-0.39, 0.29) is 5.91 Å². The Hall–Kier alpha value is -1.35. The molecule has 2 rings (SSSR count). The zero-order valence-electron chi connectivity index (χ0n) is 11.7. The fourth-order valence-electron chi connectivity index (χ4n) is 2.50. The van der Waals surface area contributed by atoms with Crippen LogP contribution in [0.15, 0.2) is 30.3 Å². The molecule has 0 bridgehead atoms. The van der Waals surface area contributed by atoms with Crippen molar-refractivity contribution in [3.05, 3.63) is 35.9 Å². The molecular formula is C16H23NO2. The van der Waals surface area contributed by atoms with Gasteiger partial charge in [0.05, 0.1) is 0 Å². The summed E-state index contributed by atoms with van der Waals surface area (Å²) in [6, 6.07) is 10.1. The second-order valence-corrected chi connectivity index (χ2v) is 5.33. The van der Waals surface area contributed by atoms with Gasteiger partial charge in [0.1, 0.15) is 0 Å². The minimum absolute atomic E-state index is 0.246. The second-order valence-electron chi connectivity index (χ2n) is 5.33. The van der Waals surface area contributed by atoms with Gasteiger partial charge in [-0.1, -0.05) is 30.3 Å². The lowest BCUT2D eigenvalue weighted by molar-refractivity contribution is -0.130. The fraction of sp³-hybridized carbons (Fsp3) is 0.562. The Balaban J connectivity index is 1.73.